The van der Waals surface area contributed by atoms with E-state index in [0.717, 1.165) is 11.4 Å². The highest BCUT2D eigenvalue weighted by molar-refractivity contribution is 5.81. The van der Waals surface area contributed by atoms with E-state index in [9.17, 15) is 0 Å². The van der Waals surface area contributed by atoms with Crippen LogP contribution in [0.25, 0.3) is 0 Å². The zero-order valence-corrected chi connectivity index (χ0v) is 7.15. The Bertz CT molecular complexity index is 302. The molecule has 0 aromatic carbocycles. The molecule has 5 heteroatoms. The molecule has 12 heavy (non-hydrogen) atoms. The van der Waals surface area contributed by atoms with Gasteiger partial charge in [-0.05, 0) is 13.0 Å². The monoisotopic (exact) mass is 168 g/mol. The third kappa shape index (κ3) is 1.75. The van der Waals surface area contributed by atoms with Crippen molar-refractivity contribution in [3.8, 4) is 0 Å². The Labute approximate surface area is 70.5 Å². The molecular weight excluding hydrogens is 156 g/mol. The van der Waals surface area contributed by atoms with Crippen LogP contribution in [-0.2, 0) is 13.5 Å². The van der Waals surface area contributed by atoms with Gasteiger partial charge in [0.15, 0.2) is 0 Å². The smallest absolute Gasteiger partial charge is 0.145 e. The van der Waals surface area contributed by atoms with Gasteiger partial charge in [-0.3, -0.25) is 4.68 Å². The predicted molar refractivity (Wildman–Crippen MR) is 45.1 cm³/mol. The number of hydrogen-bond donors (Lipinski definition) is 2. The van der Waals surface area contributed by atoms with Gasteiger partial charge in [0, 0.05) is 12.7 Å². The topological polar surface area (TPSA) is 76.4 Å². The largest absolute Gasteiger partial charge is 0.409 e. The molecule has 0 aliphatic heterocycles. The van der Waals surface area contributed by atoms with Gasteiger partial charge in [0.25, 0.3) is 0 Å². The third-order valence-corrected chi connectivity index (χ3v) is 1.59. The van der Waals surface area contributed by atoms with Gasteiger partial charge >= 0.3 is 0 Å². The van der Waals surface area contributed by atoms with Crippen LogP contribution in [0.3, 0.4) is 0 Å². The lowest BCUT2D eigenvalue weighted by Crippen LogP contribution is -2.16. The lowest BCUT2D eigenvalue weighted by molar-refractivity contribution is 0.317. The van der Waals surface area contributed by atoms with Crippen LogP contribution in [0.15, 0.2) is 11.2 Å². The van der Waals surface area contributed by atoms with Crippen molar-refractivity contribution in [1.82, 2.24) is 9.78 Å². The molecule has 0 atom stereocenters. The molecule has 0 radical (unpaired) electrons. The van der Waals surface area contributed by atoms with Gasteiger partial charge in [-0.15, -0.1) is 0 Å². The molecule has 5 nitrogen and oxygen atoms in total. The average molecular weight is 168 g/mol. The molecule has 0 amide bonds. The lowest BCUT2D eigenvalue weighted by atomic mass is 10.3. The Morgan fingerprint density at radius 3 is 2.92 bits per heavy atom. The highest BCUT2D eigenvalue weighted by Crippen LogP contribution is 2.01. The van der Waals surface area contributed by atoms with Gasteiger partial charge in [0.2, 0.25) is 0 Å². The number of aromatic nitrogens is 2. The molecule has 3 N–H and O–H groups in total. The summed E-state index contributed by atoms with van der Waals surface area (Å²) in [5.41, 5.74) is 7.20. The van der Waals surface area contributed by atoms with E-state index in [1.54, 1.807) is 4.68 Å². The standard InChI is InChI=1S/C7H12N4O/c1-5-3-6(11(2)9-5)4-7(8)10-12/h3,12H,4H2,1-2H3,(H2,8,10). The maximum absolute atomic E-state index is 8.33. The van der Waals surface area contributed by atoms with Gasteiger partial charge in [-0.1, -0.05) is 5.16 Å². The van der Waals surface area contributed by atoms with Crippen molar-refractivity contribution in [2.45, 2.75) is 13.3 Å². The van der Waals surface area contributed by atoms with Crippen LogP contribution in [0.2, 0.25) is 0 Å². The molecule has 0 saturated heterocycles. The minimum Gasteiger partial charge on any atom is -0.409 e. The van der Waals surface area contributed by atoms with Gasteiger partial charge in [0.05, 0.1) is 12.1 Å². The van der Waals surface area contributed by atoms with Crippen LogP contribution in [-0.4, -0.2) is 20.8 Å². The number of rotatable bonds is 2. The molecule has 66 valence electrons. The van der Waals surface area contributed by atoms with Crippen molar-refractivity contribution in [1.29, 1.82) is 0 Å². The highest BCUT2D eigenvalue weighted by atomic mass is 16.4. The van der Waals surface area contributed by atoms with Crippen molar-refractivity contribution in [2.24, 2.45) is 17.9 Å². The molecule has 1 aromatic rings. The summed E-state index contributed by atoms with van der Waals surface area (Å²) in [6.07, 6.45) is 0.424. The van der Waals surface area contributed by atoms with Gasteiger partial charge in [-0.25, -0.2) is 0 Å². The quantitative estimate of drug-likeness (QED) is 0.283. The van der Waals surface area contributed by atoms with E-state index in [1.807, 2.05) is 20.0 Å². The van der Waals surface area contributed by atoms with Crippen molar-refractivity contribution in [3.63, 3.8) is 0 Å². The first-order valence-electron chi connectivity index (χ1n) is 3.59. The number of nitrogens with zero attached hydrogens (tertiary/aromatic N) is 3. The fourth-order valence-electron chi connectivity index (χ4n) is 1.05. The maximum Gasteiger partial charge on any atom is 0.145 e. The van der Waals surface area contributed by atoms with Crippen molar-refractivity contribution in [2.75, 3.05) is 0 Å². The van der Waals surface area contributed by atoms with E-state index < -0.39 is 0 Å². The summed E-state index contributed by atoms with van der Waals surface area (Å²) in [4.78, 5) is 0. The fourth-order valence-corrected chi connectivity index (χ4v) is 1.05. The number of amidine groups is 1. The second-order valence-electron chi connectivity index (χ2n) is 2.67. The lowest BCUT2D eigenvalue weighted by Gasteiger charge is -1.98. The van der Waals surface area contributed by atoms with Crippen molar-refractivity contribution in [3.05, 3.63) is 17.5 Å². The van der Waals surface area contributed by atoms with Crippen LogP contribution in [0.4, 0.5) is 0 Å². The highest BCUT2D eigenvalue weighted by Gasteiger charge is 2.03. The molecule has 0 bridgehead atoms. The molecule has 1 heterocycles. The van der Waals surface area contributed by atoms with E-state index in [2.05, 4.69) is 10.3 Å². The normalized spacial score (nSPS) is 12.0. The Morgan fingerprint density at radius 1 is 1.83 bits per heavy atom. The van der Waals surface area contributed by atoms with Gasteiger partial charge in [-0.2, -0.15) is 5.10 Å². The molecule has 1 aromatic heterocycles. The molecule has 0 fully saturated rings. The molecule has 0 unspecified atom stereocenters. The van der Waals surface area contributed by atoms with E-state index >= 15 is 0 Å². The second kappa shape index (κ2) is 3.25. The van der Waals surface area contributed by atoms with E-state index in [0.29, 0.717) is 6.42 Å². The second-order valence-corrected chi connectivity index (χ2v) is 2.67. The molecule has 0 aliphatic rings. The van der Waals surface area contributed by atoms with Crippen molar-refractivity contribution < 1.29 is 5.21 Å². The summed E-state index contributed by atoms with van der Waals surface area (Å²) in [5, 5.41) is 15.3. The van der Waals surface area contributed by atoms with E-state index in [1.165, 1.54) is 0 Å². The zero-order valence-electron chi connectivity index (χ0n) is 7.15. The Kier molecular flexibility index (Phi) is 2.32. The summed E-state index contributed by atoms with van der Waals surface area (Å²) in [6, 6.07) is 1.90. The van der Waals surface area contributed by atoms with Gasteiger partial charge in [0.1, 0.15) is 5.84 Å². The molecule has 0 spiro atoms. The Morgan fingerprint density at radius 2 is 2.50 bits per heavy atom. The summed E-state index contributed by atoms with van der Waals surface area (Å²) < 4.78 is 1.72. The summed E-state index contributed by atoms with van der Waals surface area (Å²) >= 11 is 0. The zero-order chi connectivity index (χ0) is 9.14. The minimum absolute atomic E-state index is 0.193. The predicted octanol–water partition coefficient (Wildman–Crippen LogP) is 0.0174. The summed E-state index contributed by atoms with van der Waals surface area (Å²) in [6.45, 7) is 1.90. The van der Waals surface area contributed by atoms with E-state index in [-0.39, 0.29) is 5.84 Å². The average Bonchev–Trinajstić information content (AvgIpc) is 2.30. The third-order valence-electron chi connectivity index (χ3n) is 1.59. The van der Waals surface area contributed by atoms with Crippen LogP contribution in [0.5, 0.6) is 0 Å². The van der Waals surface area contributed by atoms with Crippen LogP contribution in [0, 0.1) is 6.92 Å². The molecule has 0 aliphatic carbocycles. The fraction of sp³-hybridized carbons (Fsp3) is 0.429. The van der Waals surface area contributed by atoms with Crippen LogP contribution >= 0.6 is 0 Å². The first-order chi connectivity index (χ1) is 5.63. The first kappa shape index (κ1) is 8.58. The number of oxime groups is 1. The number of aryl methyl sites for hydroxylation is 2. The Balaban J connectivity index is 2.82. The maximum atomic E-state index is 8.33. The Hall–Kier alpha value is -1.52. The van der Waals surface area contributed by atoms with Crippen molar-refractivity contribution >= 4 is 5.84 Å². The molecule has 0 saturated carbocycles. The van der Waals surface area contributed by atoms with Crippen LogP contribution in [0.1, 0.15) is 11.4 Å². The number of hydrogen-bond acceptors (Lipinski definition) is 3. The van der Waals surface area contributed by atoms with E-state index in [4.69, 9.17) is 10.9 Å². The minimum atomic E-state index is 0.193. The molecular formula is C7H12N4O. The van der Waals surface area contributed by atoms with Crippen LogP contribution < -0.4 is 5.73 Å². The van der Waals surface area contributed by atoms with Gasteiger partial charge < -0.3 is 10.9 Å². The first-order valence-corrected chi connectivity index (χ1v) is 3.59. The summed E-state index contributed by atoms with van der Waals surface area (Å²) in [5.74, 6) is 0.193. The summed E-state index contributed by atoms with van der Waals surface area (Å²) in [7, 11) is 1.83. The number of nitrogens with two attached hydrogens (primary N) is 1. The SMILES string of the molecule is Cc1cc(CC(N)=NO)n(C)n1. The molecule has 1 rings (SSSR count).